The average Bonchev–Trinajstić information content (AvgIpc) is 2.99. The van der Waals surface area contributed by atoms with Crippen LogP contribution in [0.3, 0.4) is 0 Å². The molecule has 5 heteroatoms. The highest BCUT2D eigenvalue weighted by molar-refractivity contribution is 7.14. The van der Waals surface area contributed by atoms with Crippen LogP contribution in [-0.4, -0.2) is 23.5 Å². The Morgan fingerprint density at radius 1 is 1.39 bits per heavy atom. The molecule has 1 amide bonds. The van der Waals surface area contributed by atoms with E-state index in [-0.39, 0.29) is 11.9 Å². The molecule has 23 heavy (non-hydrogen) atoms. The molecule has 0 spiro atoms. The zero-order valence-corrected chi connectivity index (χ0v) is 14.5. The van der Waals surface area contributed by atoms with E-state index in [1.54, 1.807) is 18.3 Å². The summed E-state index contributed by atoms with van der Waals surface area (Å²) in [6.07, 6.45) is 3.70. The van der Waals surface area contributed by atoms with Crippen molar-refractivity contribution in [2.24, 2.45) is 0 Å². The second-order valence-corrected chi connectivity index (χ2v) is 6.40. The molecule has 0 radical (unpaired) electrons. The van der Waals surface area contributed by atoms with Crippen molar-refractivity contribution in [3.63, 3.8) is 0 Å². The van der Waals surface area contributed by atoms with Crippen molar-refractivity contribution in [3.8, 4) is 11.3 Å². The molecule has 0 saturated heterocycles. The smallest absolute Gasteiger partial charge is 0.217 e. The molecule has 2 aromatic rings. The SMILES string of the molecule is C=CCNc1nc(-c2ccc(CCC(C)NC(C)=O)cc2)cs1. The molecule has 1 aromatic carbocycles. The third-order valence-electron chi connectivity index (χ3n) is 3.47. The molecule has 1 aromatic heterocycles. The van der Waals surface area contributed by atoms with E-state index in [0.29, 0.717) is 0 Å². The minimum absolute atomic E-state index is 0.0252. The number of hydrogen-bond donors (Lipinski definition) is 2. The number of hydrogen-bond acceptors (Lipinski definition) is 4. The summed E-state index contributed by atoms with van der Waals surface area (Å²) in [5.74, 6) is 0.0252. The third kappa shape index (κ3) is 5.53. The van der Waals surface area contributed by atoms with Gasteiger partial charge in [-0.1, -0.05) is 30.3 Å². The van der Waals surface area contributed by atoms with Gasteiger partial charge in [-0.2, -0.15) is 0 Å². The van der Waals surface area contributed by atoms with Gasteiger partial charge < -0.3 is 10.6 Å². The number of rotatable bonds is 8. The van der Waals surface area contributed by atoms with Crippen LogP contribution in [0.4, 0.5) is 5.13 Å². The van der Waals surface area contributed by atoms with Crippen LogP contribution in [-0.2, 0) is 11.2 Å². The quantitative estimate of drug-likeness (QED) is 0.723. The Morgan fingerprint density at radius 2 is 2.13 bits per heavy atom. The Balaban J connectivity index is 1.92. The fourth-order valence-corrected chi connectivity index (χ4v) is 3.02. The number of aromatic nitrogens is 1. The van der Waals surface area contributed by atoms with Crippen LogP contribution in [0, 0.1) is 0 Å². The first-order valence-electron chi connectivity index (χ1n) is 7.75. The molecular weight excluding hydrogens is 306 g/mol. The van der Waals surface area contributed by atoms with Crippen molar-refractivity contribution in [1.29, 1.82) is 0 Å². The van der Waals surface area contributed by atoms with Gasteiger partial charge >= 0.3 is 0 Å². The highest BCUT2D eigenvalue weighted by atomic mass is 32.1. The molecule has 1 unspecified atom stereocenters. The van der Waals surface area contributed by atoms with Gasteiger partial charge in [0, 0.05) is 30.5 Å². The molecule has 2 rings (SSSR count). The van der Waals surface area contributed by atoms with Crippen molar-refractivity contribution in [2.45, 2.75) is 32.7 Å². The summed E-state index contributed by atoms with van der Waals surface area (Å²) >= 11 is 1.60. The van der Waals surface area contributed by atoms with Crippen molar-refractivity contribution >= 4 is 22.4 Å². The van der Waals surface area contributed by atoms with E-state index in [2.05, 4.69) is 51.8 Å². The Morgan fingerprint density at radius 3 is 2.78 bits per heavy atom. The number of thiazole rings is 1. The van der Waals surface area contributed by atoms with Gasteiger partial charge in [0.1, 0.15) is 0 Å². The summed E-state index contributed by atoms with van der Waals surface area (Å²) in [5, 5.41) is 9.07. The molecule has 4 nitrogen and oxygen atoms in total. The van der Waals surface area contributed by atoms with Crippen LogP contribution in [0.5, 0.6) is 0 Å². The summed E-state index contributed by atoms with van der Waals surface area (Å²) in [5.41, 5.74) is 3.37. The van der Waals surface area contributed by atoms with E-state index in [1.165, 1.54) is 5.56 Å². The first-order chi connectivity index (χ1) is 11.1. The molecule has 1 heterocycles. The van der Waals surface area contributed by atoms with Crippen molar-refractivity contribution < 1.29 is 4.79 Å². The van der Waals surface area contributed by atoms with Crippen LogP contribution in [0.15, 0.2) is 42.3 Å². The number of aryl methyl sites for hydroxylation is 1. The zero-order chi connectivity index (χ0) is 16.7. The number of carbonyl (C=O) groups is 1. The fourth-order valence-electron chi connectivity index (χ4n) is 2.29. The number of carbonyl (C=O) groups excluding carboxylic acids is 1. The lowest BCUT2D eigenvalue weighted by atomic mass is 10.0. The lowest BCUT2D eigenvalue weighted by Crippen LogP contribution is -2.30. The van der Waals surface area contributed by atoms with Gasteiger partial charge in [-0.15, -0.1) is 17.9 Å². The molecule has 0 bridgehead atoms. The maximum Gasteiger partial charge on any atom is 0.217 e. The lowest BCUT2D eigenvalue weighted by Gasteiger charge is -2.12. The minimum Gasteiger partial charge on any atom is -0.358 e. The summed E-state index contributed by atoms with van der Waals surface area (Å²) in [7, 11) is 0. The van der Waals surface area contributed by atoms with Crippen molar-refractivity contribution in [2.75, 3.05) is 11.9 Å². The van der Waals surface area contributed by atoms with E-state index in [0.717, 1.165) is 35.8 Å². The van der Waals surface area contributed by atoms with E-state index in [4.69, 9.17) is 0 Å². The summed E-state index contributed by atoms with van der Waals surface area (Å²) in [6, 6.07) is 8.66. The van der Waals surface area contributed by atoms with E-state index >= 15 is 0 Å². The summed E-state index contributed by atoms with van der Waals surface area (Å²) in [4.78, 5) is 15.6. The molecular formula is C18H23N3OS. The van der Waals surface area contributed by atoms with E-state index in [9.17, 15) is 4.79 Å². The van der Waals surface area contributed by atoms with E-state index in [1.807, 2.05) is 13.0 Å². The van der Waals surface area contributed by atoms with Gasteiger partial charge in [0.05, 0.1) is 5.69 Å². The Bertz CT molecular complexity index is 649. The third-order valence-corrected chi connectivity index (χ3v) is 4.27. The molecule has 122 valence electrons. The Labute approximate surface area is 141 Å². The first-order valence-corrected chi connectivity index (χ1v) is 8.63. The number of nitrogens with zero attached hydrogens (tertiary/aromatic N) is 1. The zero-order valence-electron chi connectivity index (χ0n) is 13.6. The number of anilines is 1. The second kappa shape index (κ2) is 8.48. The summed E-state index contributed by atoms with van der Waals surface area (Å²) in [6.45, 7) is 7.99. The van der Waals surface area contributed by atoms with Crippen LogP contribution in [0.25, 0.3) is 11.3 Å². The van der Waals surface area contributed by atoms with Gasteiger partial charge in [-0.25, -0.2) is 4.98 Å². The Kier molecular flexibility index (Phi) is 6.35. The number of benzene rings is 1. The van der Waals surface area contributed by atoms with Gasteiger partial charge in [-0.05, 0) is 25.3 Å². The molecule has 1 atom stereocenters. The normalized spacial score (nSPS) is 11.7. The largest absolute Gasteiger partial charge is 0.358 e. The van der Waals surface area contributed by atoms with Gasteiger partial charge in [-0.3, -0.25) is 4.79 Å². The van der Waals surface area contributed by atoms with Crippen LogP contribution in [0.1, 0.15) is 25.8 Å². The van der Waals surface area contributed by atoms with E-state index < -0.39 is 0 Å². The molecule has 0 aliphatic heterocycles. The molecule has 0 saturated carbocycles. The van der Waals surface area contributed by atoms with Gasteiger partial charge in [0.15, 0.2) is 5.13 Å². The van der Waals surface area contributed by atoms with Gasteiger partial charge in [0.25, 0.3) is 0 Å². The van der Waals surface area contributed by atoms with Crippen molar-refractivity contribution in [3.05, 3.63) is 47.9 Å². The monoisotopic (exact) mass is 329 g/mol. The topological polar surface area (TPSA) is 54.0 Å². The average molecular weight is 329 g/mol. The highest BCUT2D eigenvalue weighted by Gasteiger charge is 2.06. The predicted molar refractivity (Wildman–Crippen MR) is 97.8 cm³/mol. The Hall–Kier alpha value is -2.14. The van der Waals surface area contributed by atoms with Crippen LogP contribution < -0.4 is 10.6 Å². The van der Waals surface area contributed by atoms with Gasteiger partial charge in [0.2, 0.25) is 5.91 Å². The lowest BCUT2D eigenvalue weighted by molar-refractivity contribution is -0.119. The van der Waals surface area contributed by atoms with Crippen LogP contribution in [0.2, 0.25) is 0 Å². The first kappa shape index (κ1) is 17.2. The molecule has 2 N–H and O–H groups in total. The minimum atomic E-state index is 0.0252. The maximum atomic E-state index is 11.0. The second-order valence-electron chi connectivity index (χ2n) is 5.54. The standard InChI is InChI=1S/C18H23N3OS/c1-4-11-19-18-21-17(12-23-18)16-9-7-15(8-10-16)6-5-13(2)20-14(3)22/h4,7-10,12-13H,1,5-6,11H2,2-3H3,(H,19,21)(H,20,22). The van der Waals surface area contributed by atoms with Crippen molar-refractivity contribution in [1.82, 2.24) is 10.3 Å². The number of amides is 1. The number of nitrogens with one attached hydrogen (secondary N) is 2. The molecule has 0 aliphatic carbocycles. The highest BCUT2D eigenvalue weighted by Crippen LogP contribution is 2.25. The van der Waals surface area contributed by atoms with Crippen LogP contribution >= 0.6 is 11.3 Å². The molecule has 0 fully saturated rings. The summed E-state index contributed by atoms with van der Waals surface area (Å²) < 4.78 is 0. The maximum absolute atomic E-state index is 11.0. The predicted octanol–water partition coefficient (Wildman–Crippen LogP) is 3.87. The fraction of sp³-hybridized carbons (Fsp3) is 0.333. The molecule has 0 aliphatic rings.